The smallest absolute Gasteiger partial charge is 0.346 e. The lowest BCUT2D eigenvalue weighted by atomic mass is 10.1. The standard InChI is InChI=1S/C18H14N2O3S/c1-4-9-20-15(12-7-5-10(2)6-8-12)19-16-13(17(20)21)11(3)14(24-16)18(22)23/h1,5-8H,9H2,2-3H3,(H,22,23). The van der Waals surface area contributed by atoms with Crippen molar-refractivity contribution in [2.75, 3.05) is 0 Å². The number of carboxylic acid groups (broad SMARTS) is 1. The molecule has 0 aliphatic rings. The number of rotatable bonds is 3. The van der Waals surface area contributed by atoms with Gasteiger partial charge in [-0.3, -0.25) is 9.36 Å². The van der Waals surface area contributed by atoms with Crippen LogP contribution in [0.25, 0.3) is 21.6 Å². The normalized spacial score (nSPS) is 10.7. The number of carbonyl (C=O) groups is 1. The molecule has 0 radical (unpaired) electrons. The summed E-state index contributed by atoms with van der Waals surface area (Å²) in [5.74, 6) is 1.86. The van der Waals surface area contributed by atoms with Crippen molar-refractivity contribution in [2.24, 2.45) is 0 Å². The number of aryl methyl sites for hydroxylation is 2. The number of carboxylic acids is 1. The number of nitrogens with zero attached hydrogens (tertiary/aromatic N) is 2. The highest BCUT2D eigenvalue weighted by atomic mass is 32.1. The molecule has 0 amide bonds. The van der Waals surface area contributed by atoms with Crippen LogP contribution in [0.2, 0.25) is 0 Å². The maximum absolute atomic E-state index is 12.9. The molecule has 1 aromatic carbocycles. The summed E-state index contributed by atoms with van der Waals surface area (Å²) in [6.45, 7) is 3.66. The van der Waals surface area contributed by atoms with E-state index in [1.807, 2.05) is 31.2 Å². The number of aromatic carboxylic acids is 1. The molecule has 3 aromatic rings. The SMILES string of the molecule is C#CCn1c(-c2ccc(C)cc2)nc2sc(C(=O)O)c(C)c2c1=O. The Hall–Kier alpha value is -2.91. The van der Waals surface area contributed by atoms with Crippen LogP contribution in [0.1, 0.15) is 20.8 Å². The predicted octanol–water partition coefficient (Wildman–Crippen LogP) is 3.07. The van der Waals surface area contributed by atoms with Crippen LogP contribution in [0.3, 0.4) is 0 Å². The first-order chi connectivity index (χ1) is 11.4. The molecular formula is C18H14N2O3S. The van der Waals surface area contributed by atoms with Crippen LogP contribution in [-0.2, 0) is 6.54 Å². The molecule has 5 nitrogen and oxygen atoms in total. The van der Waals surface area contributed by atoms with Crippen molar-refractivity contribution < 1.29 is 9.90 Å². The summed E-state index contributed by atoms with van der Waals surface area (Å²) in [5, 5.41) is 9.61. The number of hydrogen-bond donors (Lipinski definition) is 1. The fourth-order valence-corrected chi connectivity index (χ4v) is 3.59. The lowest BCUT2D eigenvalue weighted by Crippen LogP contribution is -2.23. The van der Waals surface area contributed by atoms with E-state index < -0.39 is 5.97 Å². The zero-order valence-electron chi connectivity index (χ0n) is 13.2. The predicted molar refractivity (Wildman–Crippen MR) is 94.6 cm³/mol. The van der Waals surface area contributed by atoms with Gasteiger partial charge < -0.3 is 5.11 Å². The molecule has 6 heteroatoms. The zero-order valence-corrected chi connectivity index (χ0v) is 14.0. The first-order valence-corrected chi connectivity index (χ1v) is 8.03. The van der Waals surface area contributed by atoms with E-state index in [1.165, 1.54) is 4.57 Å². The van der Waals surface area contributed by atoms with Gasteiger partial charge in [0.05, 0.1) is 11.9 Å². The van der Waals surface area contributed by atoms with Crippen molar-refractivity contribution >= 4 is 27.5 Å². The minimum absolute atomic E-state index is 0.0721. The average molecular weight is 338 g/mol. The Labute approximate surface area is 142 Å². The van der Waals surface area contributed by atoms with Gasteiger partial charge in [0.25, 0.3) is 5.56 Å². The van der Waals surface area contributed by atoms with Crippen molar-refractivity contribution in [3.8, 4) is 23.7 Å². The molecule has 1 N–H and O–H groups in total. The lowest BCUT2D eigenvalue weighted by Gasteiger charge is -2.10. The number of aromatic nitrogens is 2. The van der Waals surface area contributed by atoms with E-state index in [9.17, 15) is 14.7 Å². The van der Waals surface area contributed by atoms with Gasteiger partial charge in [-0.05, 0) is 19.4 Å². The molecule has 0 aliphatic carbocycles. The Balaban J connectivity index is 2.39. The van der Waals surface area contributed by atoms with Gasteiger partial charge in [0.1, 0.15) is 15.5 Å². The third kappa shape index (κ3) is 2.49. The third-order valence-corrected chi connectivity index (χ3v) is 4.98. The van der Waals surface area contributed by atoms with E-state index in [0.29, 0.717) is 21.6 Å². The fourth-order valence-electron chi connectivity index (χ4n) is 2.58. The zero-order chi connectivity index (χ0) is 17.4. The lowest BCUT2D eigenvalue weighted by molar-refractivity contribution is 0.0701. The molecule has 0 saturated heterocycles. The Morgan fingerprint density at radius 2 is 2.00 bits per heavy atom. The topological polar surface area (TPSA) is 72.2 Å². The van der Waals surface area contributed by atoms with E-state index in [0.717, 1.165) is 22.5 Å². The van der Waals surface area contributed by atoms with E-state index in [1.54, 1.807) is 6.92 Å². The van der Waals surface area contributed by atoms with Gasteiger partial charge in [0, 0.05) is 5.56 Å². The van der Waals surface area contributed by atoms with Crippen molar-refractivity contribution in [1.82, 2.24) is 9.55 Å². The first kappa shape index (κ1) is 16.0. The largest absolute Gasteiger partial charge is 0.477 e. The highest BCUT2D eigenvalue weighted by molar-refractivity contribution is 7.20. The van der Waals surface area contributed by atoms with E-state index in [2.05, 4.69) is 10.9 Å². The van der Waals surface area contributed by atoms with Gasteiger partial charge >= 0.3 is 5.97 Å². The summed E-state index contributed by atoms with van der Waals surface area (Å²) >= 11 is 1.01. The second-order valence-corrected chi connectivity index (χ2v) is 6.44. The summed E-state index contributed by atoms with van der Waals surface area (Å²) in [6.07, 6.45) is 5.41. The fraction of sp³-hybridized carbons (Fsp3) is 0.167. The molecule has 2 aromatic heterocycles. The molecule has 0 unspecified atom stereocenters. The van der Waals surface area contributed by atoms with Crippen LogP contribution >= 0.6 is 11.3 Å². The minimum atomic E-state index is -1.06. The maximum atomic E-state index is 12.9. The third-order valence-electron chi connectivity index (χ3n) is 3.80. The van der Waals surface area contributed by atoms with Crippen LogP contribution in [0.15, 0.2) is 29.1 Å². The molecule has 120 valence electrons. The summed E-state index contributed by atoms with van der Waals surface area (Å²) in [5.41, 5.74) is 1.97. The van der Waals surface area contributed by atoms with Gasteiger partial charge in [-0.25, -0.2) is 9.78 Å². The Morgan fingerprint density at radius 3 is 2.58 bits per heavy atom. The molecule has 0 aliphatic heterocycles. The minimum Gasteiger partial charge on any atom is -0.477 e. The van der Waals surface area contributed by atoms with Crippen LogP contribution in [0.5, 0.6) is 0 Å². The Morgan fingerprint density at radius 1 is 1.33 bits per heavy atom. The first-order valence-electron chi connectivity index (χ1n) is 7.21. The highest BCUT2D eigenvalue weighted by Crippen LogP contribution is 2.29. The molecule has 0 spiro atoms. The number of fused-ring (bicyclic) bond motifs is 1. The summed E-state index contributed by atoms with van der Waals surface area (Å²) in [4.78, 5) is 29.3. The van der Waals surface area contributed by atoms with Gasteiger partial charge in [0.15, 0.2) is 0 Å². The molecule has 0 bridgehead atoms. The number of thiophene rings is 1. The number of terminal acetylenes is 1. The number of benzene rings is 1. The van der Waals surface area contributed by atoms with Gasteiger partial charge in [-0.15, -0.1) is 17.8 Å². The average Bonchev–Trinajstić information content (AvgIpc) is 2.88. The second kappa shape index (κ2) is 5.95. The summed E-state index contributed by atoms with van der Waals surface area (Å²) < 4.78 is 1.42. The van der Waals surface area contributed by atoms with E-state index >= 15 is 0 Å². The molecule has 24 heavy (non-hydrogen) atoms. The monoisotopic (exact) mass is 338 g/mol. The van der Waals surface area contributed by atoms with E-state index in [-0.39, 0.29) is 17.0 Å². The van der Waals surface area contributed by atoms with Crippen LogP contribution in [0, 0.1) is 26.2 Å². The van der Waals surface area contributed by atoms with Gasteiger partial charge in [-0.2, -0.15) is 0 Å². The van der Waals surface area contributed by atoms with Crippen molar-refractivity contribution in [2.45, 2.75) is 20.4 Å². The molecule has 3 rings (SSSR count). The van der Waals surface area contributed by atoms with Crippen molar-refractivity contribution in [1.29, 1.82) is 0 Å². The summed E-state index contributed by atoms with van der Waals surface area (Å²) in [6, 6.07) is 7.59. The molecule has 2 heterocycles. The Bertz CT molecular complexity index is 1050. The van der Waals surface area contributed by atoms with Gasteiger partial charge in [0.2, 0.25) is 0 Å². The van der Waals surface area contributed by atoms with E-state index in [4.69, 9.17) is 6.42 Å². The highest BCUT2D eigenvalue weighted by Gasteiger charge is 2.21. The summed E-state index contributed by atoms with van der Waals surface area (Å²) in [7, 11) is 0. The van der Waals surface area contributed by atoms with Crippen LogP contribution in [-0.4, -0.2) is 20.6 Å². The van der Waals surface area contributed by atoms with Crippen LogP contribution < -0.4 is 5.56 Å². The molecule has 0 atom stereocenters. The number of hydrogen-bond acceptors (Lipinski definition) is 4. The van der Waals surface area contributed by atoms with Crippen molar-refractivity contribution in [3.63, 3.8) is 0 Å². The Kier molecular flexibility index (Phi) is 3.96. The molecule has 0 saturated carbocycles. The van der Waals surface area contributed by atoms with Gasteiger partial charge in [-0.1, -0.05) is 35.7 Å². The second-order valence-electron chi connectivity index (χ2n) is 5.44. The van der Waals surface area contributed by atoms with Crippen molar-refractivity contribution in [3.05, 3.63) is 50.6 Å². The maximum Gasteiger partial charge on any atom is 0.346 e. The molecule has 0 fully saturated rings. The van der Waals surface area contributed by atoms with Crippen LogP contribution in [0.4, 0.5) is 0 Å². The molecular weight excluding hydrogens is 324 g/mol. The quantitative estimate of drug-likeness (QED) is 0.745.